The highest BCUT2D eigenvalue weighted by molar-refractivity contribution is 5.95. The van der Waals surface area contributed by atoms with Gasteiger partial charge in [-0.1, -0.05) is 12.1 Å². The summed E-state index contributed by atoms with van der Waals surface area (Å²) in [6, 6.07) is 11.7. The molecule has 3 rings (SSSR count). The van der Waals surface area contributed by atoms with Gasteiger partial charge in [-0.15, -0.1) is 0 Å². The highest BCUT2D eigenvalue weighted by Gasteiger charge is 2.15. The molecule has 0 bridgehead atoms. The number of carbonyl (C=O) groups excluding carboxylic acids is 1. The first kappa shape index (κ1) is 13.6. The minimum absolute atomic E-state index is 0.138. The summed E-state index contributed by atoms with van der Waals surface area (Å²) in [5, 5.41) is 6.17. The van der Waals surface area contributed by atoms with Gasteiger partial charge in [-0.25, -0.2) is 4.39 Å². The van der Waals surface area contributed by atoms with E-state index >= 15 is 0 Å². The number of amides is 1. The van der Waals surface area contributed by atoms with Gasteiger partial charge in [0.25, 0.3) is 5.91 Å². The molecule has 1 heterocycles. The van der Waals surface area contributed by atoms with Gasteiger partial charge < -0.3 is 10.6 Å². The van der Waals surface area contributed by atoms with Crippen molar-refractivity contribution in [2.75, 3.05) is 11.9 Å². The molecule has 108 valence electrons. The SMILES string of the molecule is C[C@@H](NC(=O)c1ccc2c(c1)CCN2)c1cccc(F)c1. The van der Waals surface area contributed by atoms with E-state index < -0.39 is 0 Å². The third-order valence-electron chi connectivity index (χ3n) is 3.77. The molecule has 1 atom stereocenters. The number of hydrogen-bond acceptors (Lipinski definition) is 2. The van der Waals surface area contributed by atoms with Gasteiger partial charge in [-0.2, -0.15) is 0 Å². The molecule has 21 heavy (non-hydrogen) atoms. The molecule has 0 saturated carbocycles. The number of anilines is 1. The maximum Gasteiger partial charge on any atom is 0.251 e. The largest absolute Gasteiger partial charge is 0.384 e. The van der Waals surface area contributed by atoms with Crippen LogP contribution >= 0.6 is 0 Å². The van der Waals surface area contributed by atoms with Crippen molar-refractivity contribution in [3.05, 3.63) is 65.0 Å². The molecule has 1 amide bonds. The zero-order valence-corrected chi connectivity index (χ0v) is 11.8. The Bertz CT molecular complexity index is 684. The summed E-state index contributed by atoms with van der Waals surface area (Å²) in [4.78, 5) is 12.3. The van der Waals surface area contributed by atoms with Gasteiger partial charge in [-0.3, -0.25) is 4.79 Å². The highest BCUT2D eigenvalue weighted by Crippen LogP contribution is 2.23. The molecule has 3 nitrogen and oxygen atoms in total. The predicted octanol–water partition coefficient (Wildman–Crippen LogP) is 3.28. The van der Waals surface area contributed by atoms with E-state index in [1.807, 2.05) is 25.1 Å². The lowest BCUT2D eigenvalue weighted by Crippen LogP contribution is -2.26. The van der Waals surface area contributed by atoms with Crippen LogP contribution in [-0.2, 0) is 6.42 Å². The van der Waals surface area contributed by atoms with Gasteiger partial charge in [0.05, 0.1) is 6.04 Å². The molecule has 2 N–H and O–H groups in total. The molecule has 1 aliphatic rings. The van der Waals surface area contributed by atoms with Crippen molar-refractivity contribution < 1.29 is 9.18 Å². The fourth-order valence-electron chi connectivity index (χ4n) is 2.59. The number of hydrogen-bond donors (Lipinski definition) is 2. The summed E-state index contributed by atoms with van der Waals surface area (Å²) in [7, 11) is 0. The third kappa shape index (κ3) is 2.89. The average molecular weight is 284 g/mol. The standard InChI is InChI=1S/C17H17FN2O/c1-11(12-3-2-4-15(18)10-12)20-17(21)14-5-6-16-13(9-14)7-8-19-16/h2-6,9-11,19H,7-8H2,1H3,(H,20,21)/t11-/m1/s1. The molecule has 0 radical (unpaired) electrons. The summed E-state index contributed by atoms with van der Waals surface area (Å²) >= 11 is 0. The predicted molar refractivity (Wildman–Crippen MR) is 80.9 cm³/mol. The second kappa shape index (κ2) is 5.56. The molecule has 0 aliphatic carbocycles. The van der Waals surface area contributed by atoms with Crippen LogP contribution in [0.1, 0.15) is 34.5 Å². The number of halogens is 1. The van der Waals surface area contributed by atoms with E-state index in [-0.39, 0.29) is 17.8 Å². The van der Waals surface area contributed by atoms with Crippen LogP contribution in [0.3, 0.4) is 0 Å². The third-order valence-corrected chi connectivity index (χ3v) is 3.77. The van der Waals surface area contributed by atoms with Crippen LogP contribution < -0.4 is 10.6 Å². The number of rotatable bonds is 3. The van der Waals surface area contributed by atoms with Crippen LogP contribution in [0.15, 0.2) is 42.5 Å². The smallest absolute Gasteiger partial charge is 0.251 e. The maximum absolute atomic E-state index is 13.2. The normalized spacial score (nSPS) is 14.2. The molecule has 0 unspecified atom stereocenters. The van der Waals surface area contributed by atoms with Crippen LogP contribution in [0.5, 0.6) is 0 Å². The molecule has 2 aromatic rings. The second-order valence-electron chi connectivity index (χ2n) is 5.30. The fourth-order valence-corrected chi connectivity index (χ4v) is 2.59. The summed E-state index contributed by atoms with van der Waals surface area (Å²) in [5.74, 6) is -0.432. The Labute approximate surface area is 123 Å². The van der Waals surface area contributed by atoms with Crippen molar-refractivity contribution in [3.63, 3.8) is 0 Å². The number of carbonyl (C=O) groups is 1. The van der Waals surface area contributed by atoms with E-state index in [9.17, 15) is 9.18 Å². The lowest BCUT2D eigenvalue weighted by molar-refractivity contribution is 0.0939. The Kier molecular flexibility index (Phi) is 3.60. The van der Waals surface area contributed by atoms with Crippen molar-refractivity contribution in [1.29, 1.82) is 0 Å². The zero-order valence-electron chi connectivity index (χ0n) is 11.8. The molecular weight excluding hydrogens is 267 g/mol. The highest BCUT2D eigenvalue weighted by atomic mass is 19.1. The molecular formula is C17H17FN2O. The van der Waals surface area contributed by atoms with E-state index in [2.05, 4.69) is 10.6 Å². The first-order chi connectivity index (χ1) is 10.1. The number of nitrogens with one attached hydrogen (secondary N) is 2. The van der Waals surface area contributed by atoms with Crippen molar-refractivity contribution in [2.45, 2.75) is 19.4 Å². The summed E-state index contributed by atoms with van der Waals surface area (Å²) in [6.45, 7) is 2.77. The molecule has 1 aliphatic heterocycles. The van der Waals surface area contributed by atoms with E-state index in [1.165, 1.54) is 17.7 Å². The van der Waals surface area contributed by atoms with E-state index in [0.29, 0.717) is 5.56 Å². The van der Waals surface area contributed by atoms with Crippen LogP contribution in [-0.4, -0.2) is 12.5 Å². The minimum Gasteiger partial charge on any atom is -0.384 e. The zero-order chi connectivity index (χ0) is 14.8. The monoisotopic (exact) mass is 284 g/mol. The van der Waals surface area contributed by atoms with E-state index in [1.54, 1.807) is 12.1 Å². The Hall–Kier alpha value is -2.36. The van der Waals surface area contributed by atoms with Crippen LogP contribution in [0.4, 0.5) is 10.1 Å². The first-order valence-corrected chi connectivity index (χ1v) is 7.06. The van der Waals surface area contributed by atoms with Gasteiger partial charge in [-0.05, 0) is 54.8 Å². The minimum atomic E-state index is -0.294. The topological polar surface area (TPSA) is 41.1 Å². The Morgan fingerprint density at radius 1 is 1.29 bits per heavy atom. The molecule has 0 aromatic heterocycles. The van der Waals surface area contributed by atoms with Crippen LogP contribution in [0.25, 0.3) is 0 Å². The molecule has 4 heteroatoms. The summed E-state index contributed by atoms with van der Waals surface area (Å²) in [5.41, 5.74) is 3.66. The van der Waals surface area contributed by atoms with Crippen molar-refractivity contribution in [1.82, 2.24) is 5.32 Å². The van der Waals surface area contributed by atoms with Gasteiger partial charge in [0.2, 0.25) is 0 Å². The lowest BCUT2D eigenvalue weighted by Gasteiger charge is -2.15. The van der Waals surface area contributed by atoms with Gasteiger partial charge in [0.15, 0.2) is 0 Å². The molecule has 0 spiro atoms. The summed E-state index contributed by atoms with van der Waals surface area (Å²) < 4.78 is 13.2. The van der Waals surface area contributed by atoms with Crippen molar-refractivity contribution >= 4 is 11.6 Å². The van der Waals surface area contributed by atoms with Crippen LogP contribution in [0, 0.1) is 5.82 Å². The van der Waals surface area contributed by atoms with Gasteiger partial charge in [0.1, 0.15) is 5.82 Å². The number of benzene rings is 2. The first-order valence-electron chi connectivity index (χ1n) is 7.06. The molecule has 0 fully saturated rings. The summed E-state index contributed by atoms with van der Waals surface area (Å²) in [6.07, 6.45) is 0.940. The molecule has 2 aromatic carbocycles. The quantitative estimate of drug-likeness (QED) is 0.908. The van der Waals surface area contributed by atoms with Gasteiger partial charge >= 0.3 is 0 Å². The number of fused-ring (bicyclic) bond motifs is 1. The van der Waals surface area contributed by atoms with Crippen molar-refractivity contribution in [2.24, 2.45) is 0 Å². The maximum atomic E-state index is 13.2. The Morgan fingerprint density at radius 2 is 2.14 bits per heavy atom. The second-order valence-corrected chi connectivity index (χ2v) is 5.30. The Balaban J connectivity index is 1.74. The fraction of sp³-hybridized carbons (Fsp3) is 0.235. The van der Waals surface area contributed by atoms with E-state index in [4.69, 9.17) is 0 Å². The van der Waals surface area contributed by atoms with Gasteiger partial charge in [0, 0.05) is 17.8 Å². The van der Waals surface area contributed by atoms with E-state index in [0.717, 1.165) is 24.2 Å². The average Bonchev–Trinajstić information content (AvgIpc) is 2.94. The van der Waals surface area contributed by atoms with Crippen molar-refractivity contribution in [3.8, 4) is 0 Å². The lowest BCUT2D eigenvalue weighted by atomic mass is 10.1. The Morgan fingerprint density at radius 3 is 2.95 bits per heavy atom. The van der Waals surface area contributed by atoms with Crippen LogP contribution in [0.2, 0.25) is 0 Å². The molecule has 0 saturated heterocycles.